The highest BCUT2D eigenvalue weighted by molar-refractivity contribution is 5.59. The molecule has 0 aromatic heterocycles. The monoisotopic (exact) mass is 211 g/mol. The largest absolute Gasteiger partial charge is 0.497 e. The van der Waals surface area contributed by atoms with E-state index in [1.807, 2.05) is 18.2 Å². The zero-order valence-electron chi connectivity index (χ0n) is 9.37. The Morgan fingerprint density at radius 2 is 1.93 bits per heavy atom. The van der Waals surface area contributed by atoms with E-state index in [1.54, 1.807) is 21.3 Å². The summed E-state index contributed by atoms with van der Waals surface area (Å²) in [7, 11) is 4.95. The van der Waals surface area contributed by atoms with Crippen LogP contribution in [0.2, 0.25) is 0 Å². The lowest BCUT2D eigenvalue weighted by molar-refractivity contribution is 0.210. The van der Waals surface area contributed by atoms with Gasteiger partial charge in [-0.3, -0.25) is 0 Å². The molecule has 1 aromatic rings. The lowest BCUT2D eigenvalue weighted by atomic mass is 10.2. The minimum Gasteiger partial charge on any atom is -0.497 e. The third-order valence-electron chi connectivity index (χ3n) is 2.03. The first kappa shape index (κ1) is 11.7. The van der Waals surface area contributed by atoms with Crippen molar-refractivity contribution in [2.75, 3.05) is 39.8 Å². The quantitative estimate of drug-likeness (QED) is 0.728. The molecule has 0 aliphatic heterocycles. The molecule has 1 rings (SSSR count). The van der Waals surface area contributed by atoms with Gasteiger partial charge in [-0.2, -0.15) is 0 Å². The standard InChI is InChI=1S/C11H17NO3/c1-13-7-6-12-10-8-9(14-2)4-5-11(10)15-3/h4-5,8,12H,6-7H2,1-3H3. The normalized spacial score (nSPS) is 9.80. The molecular weight excluding hydrogens is 194 g/mol. The van der Waals surface area contributed by atoms with Crippen LogP contribution in [0.4, 0.5) is 5.69 Å². The van der Waals surface area contributed by atoms with Gasteiger partial charge < -0.3 is 19.5 Å². The molecule has 0 unspecified atom stereocenters. The number of hydrogen-bond donors (Lipinski definition) is 1. The van der Waals surface area contributed by atoms with Crippen molar-refractivity contribution in [3.8, 4) is 11.5 Å². The van der Waals surface area contributed by atoms with E-state index < -0.39 is 0 Å². The molecule has 0 spiro atoms. The van der Waals surface area contributed by atoms with Gasteiger partial charge in [-0.05, 0) is 12.1 Å². The SMILES string of the molecule is COCCNc1cc(OC)ccc1OC. The fourth-order valence-electron chi connectivity index (χ4n) is 1.24. The summed E-state index contributed by atoms with van der Waals surface area (Å²) in [5, 5.41) is 3.21. The molecule has 1 aromatic carbocycles. The number of ether oxygens (including phenoxy) is 3. The topological polar surface area (TPSA) is 39.7 Å². The van der Waals surface area contributed by atoms with Crippen molar-refractivity contribution < 1.29 is 14.2 Å². The van der Waals surface area contributed by atoms with Gasteiger partial charge in [0.25, 0.3) is 0 Å². The Morgan fingerprint density at radius 1 is 1.13 bits per heavy atom. The number of benzene rings is 1. The van der Waals surface area contributed by atoms with Gasteiger partial charge in [0.1, 0.15) is 11.5 Å². The highest BCUT2D eigenvalue weighted by Crippen LogP contribution is 2.28. The van der Waals surface area contributed by atoms with E-state index in [-0.39, 0.29) is 0 Å². The summed E-state index contributed by atoms with van der Waals surface area (Å²) in [5.74, 6) is 1.60. The minimum absolute atomic E-state index is 0.653. The molecule has 0 saturated carbocycles. The maximum atomic E-state index is 5.22. The summed E-state index contributed by atoms with van der Waals surface area (Å²) in [4.78, 5) is 0. The Balaban J connectivity index is 2.72. The van der Waals surface area contributed by atoms with E-state index in [1.165, 1.54) is 0 Å². The molecule has 0 amide bonds. The Labute approximate surface area is 90.1 Å². The van der Waals surface area contributed by atoms with Crippen molar-refractivity contribution in [3.05, 3.63) is 18.2 Å². The molecule has 15 heavy (non-hydrogen) atoms. The molecule has 0 heterocycles. The predicted molar refractivity (Wildman–Crippen MR) is 59.9 cm³/mol. The van der Waals surface area contributed by atoms with Gasteiger partial charge in [-0.15, -0.1) is 0 Å². The van der Waals surface area contributed by atoms with E-state index in [4.69, 9.17) is 14.2 Å². The van der Waals surface area contributed by atoms with Crippen molar-refractivity contribution >= 4 is 5.69 Å². The fraction of sp³-hybridized carbons (Fsp3) is 0.455. The van der Waals surface area contributed by atoms with E-state index in [9.17, 15) is 0 Å². The van der Waals surface area contributed by atoms with Crippen LogP contribution in [0.15, 0.2) is 18.2 Å². The van der Waals surface area contributed by atoms with Gasteiger partial charge in [0.15, 0.2) is 0 Å². The summed E-state index contributed by atoms with van der Waals surface area (Å²) in [6.07, 6.45) is 0. The first-order valence-electron chi connectivity index (χ1n) is 4.76. The molecule has 4 nitrogen and oxygen atoms in total. The van der Waals surface area contributed by atoms with Crippen molar-refractivity contribution in [2.24, 2.45) is 0 Å². The molecule has 0 radical (unpaired) electrons. The lowest BCUT2D eigenvalue weighted by Gasteiger charge is -2.12. The highest BCUT2D eigenvalue weighted by Gasteiger charge is 2.03. The number of anilines is 1. The Kier molecular flexibility index (Phi) is 4.77. The molecular formula is C11H17NO3. The second-order valence-corrected chi connectivity index (χ2v) is 2.99. The first-order chi connectivity index (χ1) is 7.31. The molecule has 0 fully saturated rings. The first-order valence-corrected chi connectivity index (χ1v) is 4.76. The number of methoxy groups -OCH3 is 3. The molecule has 84 valence electrons. The van der Waals surface area contributed by atoms with Crippen LogP contribution in [0.3, 0.4) is 0 Å². The molecule has 0 aliphatic rings. The van der Waals surface area contributed by atoms with Gasteiger partial charge >= 0.3 is 0 Å². The zero-order valence-corrected chi connectivity index (χ0v) is 9.37. The summed E-state index contributed by atoms with van der Waals surface area (Å²) >= 11 is 0. The Hall–Kier alpha value is -1.42. The maximum absolute atomic E-state index is 5.22. The maximum Gasteiger partial charge on any atom is 0.142 e. The summed E-state index contributed by atoms with van der Waals surface area (Å²) in [5.41, 5.74) is 0.911. The van der Waals surface area contributed by atoms with Crippen molar-refractivity contribution in [1.82, 2.24) is 0 Å². The summed E-state index contributed by atoms with van der Waals surface area (Å²) < 4.78 is 15.3. The molecule has 1 N–H and O–H groups in total. The molecule has 0 atom stereocenters. The molecule has 0 aliphatic carbocycles. The van der Waals surface area contributed by atoms with Crippen molar-refractivity contribution in [3.63, 3.8) is 0 Å². The van der Waals surface area contributed by atoms with Crippen LogP contribution in [-0.4, -0.2) is 34.5 Å². The lowest BCUT2D eigenvalue weighted by Crippen LogP contribution is -2.08. The van der Waals surface area contributed by atoms with Gasteiger partial charge in [-0.1, -0.05) is 0 Å². The average Bonchev–Trinajstić information content (AvgIpc) is 2.29. The van der Waals surface area contributed by atoms with E-state index in [0.29, 0.717) is 6.61 Å². The van der Waals surface area contributed by atoms with Crippen LogP contribution in [0.1, 0.15) is 0 Å². The van der Waals surface area contributed by atoms with Crippen LogP contribution in [0, 0.1) is 0 Å². The van der Waals surface area contributed by atoms with Gasteiger partial charge in [0.05, 0.1) is 26.5 Å². The third kappa shape index (κ3) is 3.32. The van der Waals surface area contributed by atoms with Crippen LogP contribution in [-0.2, 0) is 4.74 Å². The Morgan fingerprint density at radius 3 is 2.53 bits per heavy atom. The fourth-order valence-corrected chi connectivity index (χ4v) is 1.24. The van der Waals surface area contributed by atoms with E-state index >= 15 is 0 Å². The predicted octanol–water partition coefficient (Wildman–Crippen LogP) is 1.76. The van der Waals surface area contributed by atoms with Crippen molar-refractivity contribution in [2.45, 2.75) is 0 Å². The van der Waals surface area contributed by atoms with E-state index in [0.717, 1.165) is 23.7 Å². The van der Waals surface area contributed by atoms with Crippen LogP contribution in [0.25, 0.3) is 0 Å². The molecule has 0 bridgehead atoms. The van der Waals surface area contributed by atoms with Gasteiger partial charge in [-0.25, -0.2) is 0 Å². The van der Waals surface area contributed by atoms with Gasteiger partial charge in [0.2, 0.25) is 0 Å². The third-order valence-corrected chi connectivity index (χ3v) is 2.03. The average molecular weight is 211 g/mol. The number of nitrogens with one attached hydrogen (secondary N) is 1. The highest BCUT2D eigenvalue weighted by atomic mass is 16.5. The summed E-state index contributed by atoms with van der Waals surface area (Å²) in [6.45, 7) is 1.39. The van der Waals surface area contributed by atoms with Crippen LogP contribution >= 0.6 is 0 Å². The smallest absolute Gasteiger partial charge is 0.142 e. The van der Waals surface area contributed by atoms with Gasteiger partial charge in [0, 0.05) is 19.7 Å². The number of rotatable bonds is 6. The second-order valence-electron chi connectivity index (χ2n) is 2.99. The molecule has 0 saturated heterocycles. The van der Waals surface area contributed by atoms with Crippen molar-refractivity contribution in [1.29, 1.82) is 0 Å². The molecule has 4 heteroatoms. The second kappa shape index (κ2) is 6.14. The van der Waals surface area contributed by atoms with Crippen LogP contribution in [0.5, 0.6) is 11.5 Å². The Bertz CT molecular complexity index is 302. The zero-order chi connectivity index (χ0) is 11.1. The minimum atomic E-state index is 0.653. The number of hydrogen-bond acceptors (Lipinski definition) is 4. The summed E-state index contributed by atoms with van der Waals surface area (Å²) in [6, 6.07) is 5.63. The van der Waals surface area contributed by atoms with Crippen LogP contribution < -0.4 is 14.8 Å². The van der Waals surface area contributed by atoms with E-state index in [2.05, 4.69) is 5.32 Å².